The van der Waals surface area contributed by atoms with Crippen LogP contribution in [0.3, 0.4) is 0 Å². The van der Waals surface area contributed by atoms with Gasteiger partial charge in [0.1, 0.15) is 11.4 Å². The Morgan fingerprint density at radius 3 is 2.68 bits per heavy atom. The van der Waals surface area contributed by atoms with Crippen molar-refractivity contribution < 1.29 is 23.5 Å². The number of rotatable bonds is 6. The molecule has 0 aliphatic carbocycles. The average Bonchev–Trinajstić information content (AvgIpc) is 3.32. The van der Waals surface area contributed by atoms with Crippen LogP contribution >= 0.6 is 0 Å². The van der Waals surface area contributed by atoms with Crippen molar-refractivity contribution in [2.45, 2.75) is 6.92 Å². The Balaban J connectivity index is 1.54. The first-order chi connectivity index (χ1) is 15.0. The summed E-state index contributed by atoms with van der Waals surface area (Å²) in [5.41, 5.74) is 2.90. The fraction of sp³-hybridized carbons (Fsp3) is 0.125. The summed E-state index contributed by atoms with van der Waals surface area (Å²) in [5.74, 6) is -0.0442. The number of esters is 1. The highest BCUT2D eigenvalue weighted by Crippen LogP contribution is 2.27. The molecule has 0 radical (unpaired) electrons. The maximum Gasteiger partial charge on any atom is 0.339 e. The second kappa shape index (κ2) is 8.71. The third-order valence-electron chi connectivity index (χ3n) is 4.67. The molecule has 1 N–H and O–H groups in total. The standard InChI is InChI=1S/C24H20N2O5/c1-15-9-10-21(29-2)19(12-15)26-23(27)14-31-24(28)17-13-20(22-8-5-11-30-22)25-18-7-4-3-6-16(17)18/h3-13H,14H2,1-2H3,(H,26,27). The Bertz CT molecular complexity index is 1250. The molecule has 156 valence electrons. The van der Waals surface area contributed by atoms with Crippen molar-refractivity contribution >= 4 is 28.5 Å². The number of anilines is 1. The number of carbonyl (C=O) groups excluding carboxylic acids is 2. The Morgan fingerprint density at radius 1 is 1.06 bits per heavy atom. The van der Waals surface area contributed by atoms with E-state index >= 15 is 0 Å². The predicted molar refractivity (Wildman–Crippen MR) is 116 cm³/mol. The van der Waals surface area contributed by atoms with E-state index < -0.39 is 18.5 Å². The zero-order valence-corrected chi connectivity index (χ0v) is 17.0. The van der Waals surface area contributed by atoms with E-state index in [1.165, 1.54) is 13.4 Å². The lowest BCUT2D eigenvalue weighted by Crippen LogP contribution is -2.21. The quantitative estimate of drug-likeness (QED) is 0.462. The van der Waals surface area contributed by atoms with Gasteiger partial charge >= 0.3 is 5.97 Å². The zero-order chi connectivity index (χ0) is 21.8. The van der Waals surface area contributed by atoms with Crippen LogP contribution in [0.2, 0.25) is 0 Å². The van der Waals surface area contributed by atoms with Gasteiger partial charge in [-0.3, -0.25) is 4.79 Å². The summed E-state index contributed by atoms with van der Waals surface area (Å²) in [6.07, 6.45) is 1.54. The topological polar surface area (TPSA) is 90.7 Å². The lowest BCUT2D eigenvalue weighted by molar-refractivity contribution is -0.119. The summed E-state index contributed by atoms with van der Waals surface area (Å²) in [7, 11) is 1.52. The molecule has 4 aromatic rings. The van der Waals surface area contributed by atoms with Crippen molar-refractivity contribution in [2.24, 2.45) is 0 Å². The molecule has 0 aliphatic rings. The summed E-state index contributed by atoms with van der Waals surface area (Å²) >= 11 is 0. The van der Waals surface area contributed by atoms with Crippen LogP contribution in [0.25, 0.3) is 22.4 Å². The fourth-order valence-corrected chi connectivity index (χ4v) is 3.21. The van der Waals surface area contributed by atoms with Gasteiger partial charge in [0.25, 0.3) is 5.91 Å². The molecule has 2 aromatic carbocycles. The predicted octanol–water partition coefficient (Wildman–Crippen LogP) is 4.61. The highest BCUT2D eigenvalue weighted by molar-refractivity contribution is 6.05. The van der Waals surface area contributed by atoms with Gasteiger partial charge < -0.3 is 19.2 Å². The van der Waals surface area contributed by atoms with Crippen molar-refractivity contribution in [1.82, 2.24) is 4.98 Å². The number of fused-ring (bicyclic) bond motifs is 1. The van der Waals surface area contributed by atoms with E-state index in [-0.39, 0.29) is 0 Å². The maximum absolute atomic E-state index is 12.8. The Morgan fingerprint density at radius 2 is 1.90 bits per heavy atom. The molecular weight excluding hydrogens is 396 g/mol. The number of hydrogen-bond acceptors (Lipinski definition) is 6. The van der Waals surface area contributed by atoms with Crippen LogP contribution in [0.15, 0.2) is 71.3 Å². The van der Waals surface area contributed by atoms with Crippen LogP contribution in [0, 0.1) is 6.92 Å². The van der Waals surface area contributed by atoms with E-state index in [1.54, 1.807) is 42.5 Å². The van der Waals surface area contributed by atoms with Crippen LogP contribution in [0.5, 0.6) is 5.75 Å². The van der Waals surface area contributed by atoms with Crippen molar-refractivity contribution in [1.29, 1.82) is 0 Å². The molecule has 0 saturated heterocycles. The van der Waals surface area contributed by atoms with E-state index in [0.717, 1.165) is 5.56 Å². The number of ether oxygens (including phenoxy) is 2. The monoisotopic (exact) mass is 416 g/mol. The normalized spacial score (nSPS) is 10.6. The van der Waals surface area contributed by atoms with Crippen LogP contribution < -0.4 is 10.1 Å². The molecule has 1 amide bonds. The average molecular weight is 416 g/mol. The number of benzene rings is 2. The van der Waals surface area contributed by atoms with Crippen molar-refractivity contribution in [3.63, 3.8) is 0 Å². The number of carbonyl (C=O) groups is 2. The summed E-state index contributed by atoms with van der Waals surface area (Å²) in [6, 6.07) is 17.7. The molecule has 2 heterocycles. The number of nitrogens with zero attached hydrogens (tertiary/aromatic N) is 1. The number of aryl methyl sites for hydroxylation is 1. The highest BCUT2D eigenvalue weighted by atomic mass is 16.5. The van der Waals surface area contributed by atoms with Gasteiger partial charge in [-0.15, -0.1) is 0 Å². The molecule has 7 nitrogen and oxygen atoms in total. The van der Waals surface area contributed by atoms with E-state index in [2.05, 4.69) is 10.3 Å². The van der Waals surface area contributed by atoms with E-state index in [1.807, 2.05) is 25.1 Å². The van der Waals surface area contributed by atoms with Gasteiger partial charge in [0.15, 0.2) is 12.4 Å². The first-order valence-corrected chi connectivity index (χ1v) is 9.60. The summed E-state index contributed by atoms with van der Waals surface area (Å²) < 4.78 is 16.0. The number of aromatic nitrogens is 1. The van der Waals surface area contributed by atoms with Gasteiger partial charge in [-0.05, 0) is 48.9 Å². The number of furan rings is 1. The summed E-state index contributed by atoms with van der Waals surface area (Å²) in [6.45, 7) is 1.46. The van der Waals surface area contributed by atoms with Crippen LogP contribution in [-0.4, -0.2) is 30.6 Å². The Hall–Kier alpha value is -4.13. The molecule has 0 unspecified atom stereocenters. The maximum atomic E-state index is 12.8. The third-order valence-corrected chi connectivity index (χ3v) is 4.67. The molecular formula is C24H20N2O5. The molecule has 0 aliphatic heterocycles. The SMILES string of the molecule is COc1ccc(C)cc1NC(=O)COC(=O)c1cc(-c2ccco2)nc2ccccc12. The van der Waals surface area contributed by atoms with Gasteiger partial charge in [-0.2, -0.15) is 0 Å². The molecule has 2 aromatic heterocycles. The molecule has 0 atom stereocenters. The van der Waals surface area contributed by atoms with Gasteiger partial charge in [0, 0.05) is 5.39 Å². The number of methoxy groups -OCH3 is 1. The van der Waals surface area contributed by atoms with E-state index in [0.29, 0.717) is 39.4 Å². The van der Waals surface area contributed by atoms with E-state index in [9.17, 15) is 9.59 Å². The van der Waals surface area contributed by atoms with Crippen LogP contribution in [-0.2, 0) is 9.53 Å². The number of amides is 1. The van der Waals surface area contributed by atoms with Gasteiger partial charge in [0.2, 0.25) is 0 Å². The number of pyridine rings is 1. The summed E-state index contributed by atoms with van der Waals surface area (Å²) in [4.78, 5) is 29.7. The molecule has 0 saturated carbocycles. The number of nitrogens with one attached hydrogen (secondary N) is 1. The van der Waals surface area contributed by atoms with Crippen molar-refractivity contribution in [3.05, 3.63) is 78.1 Å². The minimum Gasteiger partial charge on any atom is -0.495 e. The molecule has 0 spiro atoms. The third kappa shape index (κ3) is 4.40. The first-order valence-electron chi connectivity index (χ1n) is 9.60. The van der Waals surface area contributed by atoms with Crippen molar-refractivity contribution in [3.8, 4) is 17.2 Å². The van der Waals surface area contributed by atoms with Gasteiger partial charge in [-0.25, -0.2) is 9.78 Å². The van der Waals surface area contributed by atoms with E-state index in [4.69, 9.17) is 13.9 Å². The number of hydrogen-bond donors (Lipinski definition) is 1. The second-order valence-corrected chi connectivity index (χ2v) is 6.88. The highest BCUT2D eigenvalue weighted by Gasteiger charge is 2.18. The largest absolute Gasteiger partial charge is 0.495 e. The summed E-state index contributed by atoms with van der Waals surface area (Å²) in [5, 5.41) is 3.34. The molecule has 0 bridgehead atoms. The Kier molecular flexibility index (Phi) is 5.66. The lowest BCUT2D eigenvalue weighted by atomic mass is 10.1. The van der Waals surface area contributed by atoms with Gasteiger partial charge in [0.05, 0.1) is 30.1 Å². The smallest absolute Gasteiger partial charge is 0.339 e. The fourth-order valence-electron chi connectivity index (χ4n) is 3.21. The Labute approximate surface area is 178 Å². The molecule has 31 heavy (non-hydrogen) atoms. The molecule has 4 rings (SSSR count). The zero-order valence-electron chi connectivity index (χ0n) is 17.0. The first kappa shape index (κ1) is 20.2. The molecule has 0 fully saturated rings. The lowest BCUT2D eigenvalue weighted by Gasteiger charge is -2.12. The van der Waals surface area contributed by atoms with Gasteiger partial charge in [-0.1, -0.05) is 24.3 Å². The minimum atomic E-state index is -0.627. The van der Waals surface area contributed by atoms with Crippen molar-refractivity contribution in [2.75, 3.05) is 19.0 Å². The van der Waals surface area contributed by atoms with Crippen LogP contribution in [0.1, 0.15) is 15.9 Å². The molecule has 7 heteroatoms. The van der Waals surface area contributed by atoms with Crippen LogP contribution in [0.4, 0.5) is 5.69 Å². The second-order valence-electron chi connectivity index (χ2n) is 6.88. The number of para-hydroxylation sites is 1. The minimum absolute atomic E-state index is 0.304.